The lowest BCUT2D eigenvalue weighted by Crippen LogP contribution is -2.13. The fraction of sp³-hybridized carbons (Fsp3) is 0.933. The largest absolute Gasteiger partial charge is 0.466 e. The molecule has 0 amide bonds. The Morgan fingerprint density at radius 3 is 2.06 bits per heavy atom. The number of aliphatic hydroxyl groups excluding tert-OH is 1. The summed E-state index contributed by atoms with van der Waals surface area (Å²) in [6.07, 6.45) is 12.5. The summed E-state index contributed by atoms with van der Waals surface area (Å²) in [5, 5.41) is 9.71. The summed E-state index contributed by atoms with van der Waals surface area (Å²) in [6.45, 7) is 0.375. The first-order chi connectivity index (χ1) is 8.79. The Morgan fingerprint density at radius 1 is 0.833 bits per heavy atom. The maximum absolute atomic E-state index is 11.4. The third-order valence-electron chi connectivity index (χ3n) is 3.63. The molecule has 1 atom stereocenters. The molecule has 1 aliphatic rings. The Morgan fingerprint density at radius 2 is 1.39 bits per heavy atom. The summed E-state index contributed by atoms with van der Waals surface area (Å²) in [4.78, 5) is 11.4. The van der Waals surface area contributed by atoms with Gasteiger partial charge < -0.3 is 9.84 Å². The maximum Gasteiger partial charge on any atom is 0.305 e. The van der Waals surface area contributed by atoms with Crippen molar-refractivity contribution >= 4 is 5.97 Å². The molecule has 106 valence electrons. The van der Waals surface area contributed by atoms with Crippen molar-refractivity contribution in [3.8, 4) is 0 Å². The van der Waals surface area contributed by atoms with Gasteiger partial charge in [-0.3, -0.25) is 4.79 Å². The van der Waals surface area contributed by atoms with Crippen LogP contribution in [0.4, 0.5) is 0 Å². The first-order valence-corrected chi connectivity index (χ1v) is 7.63. The second-order valence-electron chi connectivity index (χ2n) is 5.38. The standard InChI is InChI=1S/C15H28O3/c16-14-10-8-6-4-2-1-3-5-7-9-11-15(17)18-13-12-14/h14,16H,1-13H2/t14-/m0/s1. The van der Waals surface area contributed by atoms with Crippen molar-refractivity contribution in [1.29, 1.82) is 0 Å². The summed E-state index contributed by atoms with van der Waals surface area (Å²) in [5.41, 5.74) is 0. The molecule has 0 aromatic carbocycles. The highest BCUT2D eigenvalue weighted by molar-refractivity contribution is 5.69. The molecule has 0 radical (unpaired) electrons. The van der Waals surface area contributed by atoms with Gasteiger partial charge in [-0.25, -0.2) is 0 Å². The van der Waals surface area contributed by atoms with E-state index in [0.29, 0.717) is 19.4 Å². The molecule has 1 rings (SSSR count). The van der Waals surface area contributed by atoms with Crippen LogP contribution in [0.1, 0.15) is 77.0 Å². The fourth-order valence-electron chi connectivity index (χ4n) is 2.41. The second-order valence-corrected chi connectivity index (χ2v) is 5.38. The van der Waals surface area contributed by atoms with Gasteiger partial charge in [-0.1, -0.05) is 51.4 Å². The Bertz CT molecular complexity index is 216. The molecular formula is C15H28O3. The number of hydrogen-bond donors (Lipinski definition) is 1. The minimum Gasteiger partial charge on any atom is -0.466 e. The minimum atomic E-state index is -0.300. The number of carbonyl (C=O) groups excluding carboxylic acids is 1. The summed E-state index contributed by atoms with van der Waals surface area (Å²) in [5.74, 6) is -0.103. The summed E-state index contributed by atoms with van der Waals surface area (Å²) in [7, 11) is 0. The number of aliphatic hydroxyl groups is 1. The van der Waals surface area contributed by atoms with E-state index in [2.05, 4.69) is 0 Å². The molecule has 18 heavy (non-hydrogen) atoms. The van der Waals surface area contributed by atoms with E-state index in [1.54, 1.807) is 0 Å². The molecule has 3 nitrogen and oxygen atoms in total. The van der Waals surface area contributed by atoms with E-state index in [1.165, 1.54) is 38.5 Å². The van der Waals surface area contributed by atoms with E-state index < -0.39 is 0 Å². The number of ether oxygens (including phenoxy) is 1. The predicted molar refractivity (Wildman–Crippen MR) is 72.4 cm³/mol. The Hall–Kier alpha value is -0.570. The van der Waals surface area contributed by atoms with E-state index in [1.807, 2.05) is 0 Å². The van der Waals surface area contributed by atoms with Crippen molar-refractivity contribution in [1.82, 2.24) is 0 Å². The van der Waals surface area contributed by atoms with Crippen molar-refractivity contribution in [2.75, 3.05) is 6.61 Å². The Balaban J connectivity index is 2.20. The smallest absolute Gasteiger partial charge is 0.305 e. The zero-order chi connectivity index (χ0) is 13.1. The van der Waals surface area contributed by atoms with Gasteiger partial charge in [-0.05, 0) is 12.8 Å². The van der Waals surface area contributed by atoms with Crippen LogP contribution in [0.25, 0.3) is 0 Å². The highest BCUT2D eigenvalue weighted by Crippen LogP contribution is 2.13. The van der Waals surface area contributed by atoms with Gasteiger partial charge in [-0.2, -0.15) is 0 Å². The lowest BCUT2D eigenvalue weighted by atomic mass is 10.0. The van der Waals surface area contributed by atoms with E-state index in [9.17, 15) is 9.90 Å². The van der Waals surface area contributed by atoms with Crippen LogP contribution in [0.15, 0.2) is 0 Å². The predicted octanol–water partition coefficient (Wildman–Crippen LogP) is 3.59. The molecule has 1 aliphatic heterocycles. The summed E-state index contributed by atoms with van der Waals surface area (Å²) >= 11 is 0. The monoisotopic (exact) mass is 256 g/mol. The molecule has 3 heteroatoms. The van der Waals surface area contributed by atoms with Crippen molar-refractivity contribution in [2.24, 2.45) is 0 Å². The number of esters is 1. The molecule has 0 saturated carbocycles. The fourth-order valence-corrected chi connectivity index (χ4v) is 2.41. The molecule has 0 spiro atoms. The topological polar surface area (TPSA) is 46.5 Å². The molecule has 0 aliphatic carbocycles. The zero-order valence-electron chi connectivity index (χ0n) is 11.5. The molecule has 1 fully saturated rings. The van der Waals surface area contributed by atoms with Gasteiger partial charge >= 0.3 is 5.97 Å². The number of carbonyl (C=O) groups is 1. The van der Waals surface area contributed by atoms with E-state index >= 15 is 0 Å². The van der Waals surface area contributed by atoms with Crippen LogP contribution in [-0.4, -0.2) is 23.8 Å². The first-order valence-electron chi connectivity index (χ1n) is 7.63. The third-order valence-corrected chi connectivity index (χ3v) is 3.63. The molecule has 0 aromatic heterocycles. The van der Waals surface area contributed by atoms with E-state index in [4.69, 9.17) is 4.74 Å². The highest BCUT2D eigenvalue weighted by atomic mass is 16.5. The van der Waals surface area contributed by atoms with Gasteiger partial charge in [0.1, 0.15) is 0 Å². The van der Waals surface area contributed by atoms with Gasteiger partial charge in [0.25, 0.3) is 0 Å². The van der Waals surface area contributed by atoms with Gasteiger partial charge in [0.05, 0.1) is 12.7 Å². The van der Waals surface area contributed by atoms with Crippen LogP contribution < -0.4 is 0 Å². The van der Waals surface area contributed by atoms with Gasteiger partial charge in [0.15, 0.2) is 0 Å². The van der Waals surface area contributed by atoms with Gasteiger partial charge in [0, 0.05) is 12.8 Å². The lowest BCUT2D eigenvalue weighted by Gasteiger charge is -2.11. The number of rotatable bonds is 0. The first kappa shape index (κ1) is 15.5. The molecule has 1 N–H and O–H groups in total. The average molecular weight is 256 g/mol. The van der Waals surface area contributed by atoms with Crippen molar-refractivity contribution < 1.29 is 14.6 Å². The van der Waals surface area contributed by atoms with Crippen molar-refractivity contribution in [3.05, 3.63) is 0 Å². The molecule has 1 heterocycles. The third kappa shape index (κ3) is 8.51. The maximum atomic E-state index is 11.4. The molecule has 0 aromatic rings. The quantitative estimate of drug-likeness (QED) is 0.674. The van der Waals surface area contributed by atoms with Crippen LogP contribution in [0, 0.1) is 0 Å². The van der Waals surface area contributed by atoms with Crippen LogP contribution in [0.2, 0.25) is 0 Å². The van der Waals surface area contributed by atoms with Gasteiger partial charge in [-0.15, -0.1) is 0 Å². The van der Waals surface area contributed by atoms with E-state index in [0.717, 1.165) is 25.7 Å². The van der Waals surface area contributed by atoms with Crippen LogP contribution >= 0.6 is 0 Å². The lowest BCUT2D eigenvalue weighted by molar-refractivity contribution is -0.144. The van der Waals surface area contributed by atoms with Crippen LogP contribution in [-0.2, 0) is 9.53 Å². The van der Waals surface area contributed by atoms with Crippen molar-refractivity contribution in [3.63, 3.8) is 0 Å². The Kier molecular flexibility index (Phi) is 8.92. The van der Waals surface area contributed by atoms with Gasteiger partial charge in [0.2, 0.25) is 0 Å². The number of hydrogen-bond acceptors (Lipinski definition) is 3. The summed E-state index contributed by atoms with van der Waals surface area (Å²) in [6, 6.07) is 0. The molecule has 0 unspecified atom stereocenters. The Labute approximate surface area is 111 Å². The molecule has 0 bridgehead atoms. The molecule has 1 saturated heterocycles. The van der Waals surface area contributed by atoms with Crippen LogP contribution in [0.5, 0.6) is 0 Å². The minimum absolute atomic E-state index is 0.103. The second kappa shape index (κ2) is 10.4. The average Bonchev–Trinajstić information content (AvgIpc) is 2.34. The zero-order valence-corrected chi connectivity index (χ0v) is 11.5. The van der Waals surface area contributed by atoms with Crippen molar-refractivity contribution in [2.45, 2.75) is 83.2 Å². The SMILES string of the molecule is O=C1CCCCCCCCCCC[C@H](O)CCO1. The molecular weight excluding hydrogens is 228 g/mol. The normalized spacial score (nSPS) is 26.5. The van der Waals surface area contributed by atoms with E-state index in [-0.39, 0.29) is 12.1 Å². The highest BCUT2D eigenvalue weighted by Gasteiger charge is 2.07. The van der Waals surface area contributed by atoms with Crippen LogP contribution in [0.3, 0.4) is 0 Å². The summed E-state index contributed by atoms with van der Waals surface area (Å²) < 4.78 is 5.11. The number of cyclic esters (lactones) is 1.